The molecule has 0 radical (unpaired) electrons. The summed E-state index contributed by atoms with van der Waals surface area (Å²) in [4.78, 5) is 0. The van der Waals surface area contributed by atoms with Gasteiger partial charge in [0, 0.05) is 27.3 Å². The van der Waals surface area contributed by atoms with Gasteiger partial charge < -0.3 is 15.2 Å². The van der Waals surface area contributed by atoms with E-state index in [9.17, 15) is 8.42 Å². The highest BCUT2D eigenvalue weighted by Gasteiger charge is 2.15. The van der Waals surface area contributed by atoms with E-state index in [0.29, 0.717) is 13.2 Å². The number of hydrogen-bond donors (Lipinski definition) is 2. The molecule has 1 aromatic rings. The fraction of sp³-hybridized carbons (Fsp3) is 0.538. The van der Waals surface area contributed by atoms with E-state index in [1.165, 1.54) is 7.11 Å². The second-order valence-electron chi connectivity index (χ2n) is 4.44. The molecule has 0 aliphatic heterocycles. The molecule has 6 nitrogen and oxygen atoms in total. The molecule has 1 unspecified atom stereocenters. The van der Waals surface area contributed by atoms with Crippen LogP contribution in [-0.2, 0) is 31.8 Å². The quantitative estimate of drug-likeness (QED) is 0.681. The molecule has 1 aromatic carbocycles. The number of sulfonamides is 1. The lowest BCUT2D eigenvalue weighted by atomic mass is 10.1. The summed E-state index contributed by atoms with van der Waals surface area (Å²) >= 11 is 0. The van der Waals surface area contributed by atoms with Crippen LogP contribution >= 0.6 is 0 Å². The van der Waals surface area contributed by atoms with Crippen molar-refractivity contribution in [1.29, 1.82) is 0 Å². The Bertz CT molecular complexity index is 488. The zero-order valence-electron chi connectivity index (χ0n) is 11.8. The lowest BCUT2D eigenvalue weighted by molar-refractivity contribution is 0.0320. The fourth-order valence-corrected chi connectivity index (χ4v) is 2.83. The third kappa shape index (κ3) is 5.98. The predicted molar refractivity (Wildman–Crippen MR) is 77.6 cm³/mol. The molecule has 0 aromatic heterocycles. The first-order chi connectivity index (χ1) is 9.50. The number of rotatable bonds is 9. The molecule has 3 N–H and O–H groups in total. The Balaban J connectivity index is 2.55. The number of methoxy groups -OCH3 is 2. The van der Waals surface area contributed by atoms with Gasteiger partial charge in [0.15, 0.2) is 0 Å². The molecule has 0 aliphatic rings. The zero-order chi connectivity index (χ0) is 15.0. The van der Waals surface area contributed by atoms with E-state index in [4.69, 9.17) is 15.2 Å². The van der Waals surface area contributed by atoms with Crippen molar-refractivity contribution in [3.05, 3.63) is 35.4 Å². The van der Waals surface area contributed by atoms with Gasteiger partial charge in [0.1, 0.15) is 0 Å². The number of nitrogens with one attached hydrogen (secondary N) is 1. The summed E-state index contributed by atoms with van der Waals surface area (Å²) in [6, 6.07) is 7.19. The molecule has 0 bridgehead atoms. The SMILES string of the molecule is COCC(CNS(=O)(=O)Cc1ccc(CN)cc1)OC. The second-order valence-corrected chi connectivity index (χ2v) is 6.25. The van der Waals surface area contributed by atoms with E-state index < -0.39 is 10.0 Å². The number of nitrogens with two attached hydrogens (primary N) is 1. The largest absolute Gasteiger partial charge is 0.382 e. The van der Waals surface area contributed by atoms with Crippen LogP contribution in [0.2, 0.25) is 0 Å². The number of hydrogen-bond acceptors (Lipinski definition) is 5. The summed E-state index contributed by atoms with van der Waals surface area (Å²) in [5.41, 5.74) is 7.18. The van der Waals surface area contributed by atoms with E-state index >= 15 is 0 Å². The van der Waals surface area contributed by atoms with E-state index in [1.807, 2.05) is 12.1 Å². The summed E-state index contributed by atoms with van der Waals surface area (Å²) in [5.74, 6) is -0.0682. The third-order valence-electron chi connectivity index (χ3n) is 2.83. The van der Waals surface area contributed by atoms with E-state index in [1.54, 1.807) is 19.2 Å². The van der Waals surface area contributed by atoms with Crippen LogP contribution < -0.4 is 10.5 Å². The van der Waals surface area contributed by atoms with Gasteiger partial charge in [-0.1, -0.05) is 24.3 Å². The number of ether oxygens (including phenoxy) is 2. The van der Waals surface area contributed by atoms with Gasteiger partial charge in [-0.3, -0.25) is 0 Å². The summed E-state index contributed by atoms with van der Waals surface area (Å²) in [7, 11) is -0.336. The lowest BCUT2D eigenvalue weighted by Gasteiger charge is -2.15. The van der Waals surface area contributed by atoms with Gasteiger partial charge in [0.05, 0.1) is 18.5 Å². The smallest absolute Gasteiger partial charge is 0.215 e. The van der Waals surface area contributed by atoms with Crippen LogP contribution in [-0.4, -0.2) is 41.9 Å². The average molecular weight is 302 g/mol. The van der Waals surface area contributed by atoms with Crippen LogP contribution in [0.1, 0.15) is 11.1 Å². The highest BCUT2D eigenvalue weighted by molar-refractivity contribution is 7.88. The van der Waals surface area contributed by atoms with Gasteiger partial charge in [-0.05, 0) is 11.1 Å². The topological polar surface area (TPSA) is 90.7 Å². The van der Waals surface area contributed by atoms with Crippen LogP contribution in [0.3, 0.4) is 0 Å². The highest BCUT2D eigenvalue weighted by atomic mass is 32.2. The average Bonchev–Trinajstić information content (AvgIpc) is 2.44. The molecule has 1 atom stereocenters. The molecule has 7 heteroatoms. The van der Waals surface area contributed by atoms with Gasteiger partial charge in [0.2, 0.25) is 10.0 Å². The van der Waals surface area contributed by atoms with Crippen molar-refractivity contribution >= 4 is 10.0 Å². The van der Waals surface area contributed by atoms with Gasteiger partial charge in [-0.25, -0.2) is 13.1 Å². The monoisotopic (exact) mass is 302 g/mol. The molecule has 0 amide bonds. The van der Waals surface area contributed by atoms with Crippen molar-refractivity contribution in [2.24, 2.45) is 5.73 Å². The maximum Gasteiger partial charge on any atom is 0.215 e. The Morgan fingerprint density at radius 2 is 1.80 bits per heavy atom. The van der Waals surface area contributed by atoms with E-state index in [-0.39, 0.29) is 18.4 Å². The first-order valence-corrected chi connectivity index (χ1v) is 7.93. The molecular weight excluding hydrogens is 280 g/mol. The Morgan fingerprint density at radius 3 is 2.30 bits per heavy atom. The van der Waals surface area contributed by atoms with Crippen LogP contribution in [0.25, 0.3) is 0 Å². The van der Waals surface area contributed by atoms with Crippen LogP contribution in [0.5, 0.6) is 0 Å². The van der Waals surface area contributed by atoms with Gasteiger partial charge >= 0.3 is 0 Å². The fourth-order valence-electron chi connectivity index (χ4n) is 1.66. The summed E-state index contributed by atoms with van der Waals surface area (Å²) in [5, 5.41) is 0. The van der Waals surface area contributed by atoms with Crippen molar-refractivity contribution < 1.29 is 17.9 Å². The minimum atomic E-state index is -3.39. The van der Waals surface area contributed by atoms with E-state index in [0.717, 1.165) is 11.1 Å². The third-order valence-corrected chi connectivity index (χ3v) is 4.15. The number of benzene rings is 1. The molecule has 0 spiro atoms. The van der Waals surface area contributed by atoms with Gasteiger partial charge in [-0.2, -0.15) is 0 Å². The van der Waals surface area contributed by atoms with Crippen molar-refractivity contribution in [3.63, 3.8) is 0 Å². The zero-order valence-corrected chi connectivity index (χ0v) is 12.7. The van der Waals surface area contributed by atoms with Gasteiger partial charge in [-0.15, -0.1) is 0 Å². The minimum absolute atomic E-state index is 0.0682. The van der Waals surface area contributed by atoms with Crippen molar-refractivity contribution in [3.8, 4) is 0 Å². The molecule has 0 fully saturated rings. The Morgan fingerprint density at radius 1 is 1.20 bits per heavy atom. The summed E-state index contributed by atoms with van der Waals surface area (Å²) in [6.07, 6.45) is -0.297. The molecule has 0 saturated carbocycles. The first kappa shape index (κ1) is 17.1. The highest BCUT2D eigenvalue weighted by Crippen LogP contribution is 2.07. The molecule has 20 heavy (non-hydrogen) atoms. The second kappa shape index (κ2) is 8.33. The maximum absolute atomic E-state index is 11.9. The maximum atomic E-state index is 11.9. The van der Waals surface area contributed by atoms with Crippen LogP contribution in [0.4, 0.5) is 0 Å². The Hall–Kier alpha value is -0.990. The lowest BCUT2D eigenvalue weighted by Crippen LogP contribution is -2.36. The minimum Gasteiger partial charge on any atom is -0.382 e. The molecular formula is C13H22N2O4S. The first-order valence-electron chi connectivity index (χ1n) is 6.27. The van der Waals surface area contributed by atoms with Gasteiger partial charge in [0.25, 0.3) is 0 Å². The summed E-state index contributed by atoms with van der Waals surface area (Å²) in [6.45, 7) is 0.968. The predicted octanol–water partition coefficient (Wildman–Crippen LogP) is 0.226. The normalized spacial score (nSPS) is 13.3. The molecule has 114 valence electrons. The Labute approximate surface area is 120 Å². The molecule has 0 saturated heterocycles. The molecule has 0 aliphatic carbocycles. The standard InChI is InChI=1S/C13H22N2O4S/c1-18-9-13(19-2)8-15-20(16,17)10-12-5-3-11(7-14)4-6-12/h3-6,13,15H,7-10,14H2,1-2H3. The molecule has 1 rings (SSSR count). The van der Waals surface area contributed by atoms with Crippen molar-refractivity contribution in [1.82, 2.24) is 4.72 Å². The summed E-state index contributed by atoms with van der Waals surface area (Å²) < 4.78 is 36.4. The van der Waals surface area contributed by atoms with Crippen LogP contribution in [0, 0.1) is 0 Å². The van der Waals surface area contributed by atoms with Crippen molar-refractivity contribution in [2.75, 3.05) is 27.4 Å². The van der Waals surface area contributed by atoms with Crippen LogP contribution in [0.15, 0.2) is 24.3 Å². The molecule has 0 heterocycles. The van der Waals surface area contributed by atoms with Crippen molar-refractivity contribution in [2.45, 2.75) is 18.4 Å². The van der Waals surface area contributed by atoms with E-state index in [2.05, 4.69) is 4.72 Å². The Kier molecular flexibility index (Phi) is 7.11.